The number of rotatable bonds is 7. The van der Waals surface area contributed by atoms with Crippen molar-refractivity contribution in [3.8, 4) is 11.5 Å². The molecule has 0 unspecified atom stereocenters. The van der Waals surface area contributed by atoms with E-state index in [9.17, 15) is 13.6 Å². The van der Waals surface area contributed by atoms with Crippen LogP contribution in [0.1, 0.15) is 28.8 Å². The minimum atomic E-state index is -2.73. The molecule has 0 aliphatic carbocycles. The quantitative estimate of drug-likeness (QED) is 0.334. The number of alkyl halides is 2. The number of furan rings is 1. The smallest absolute Gasteiger partial charge is 0.264 e. The lowest BCUT2D eigenvalue weighted by molar-refractivity contribution is -0.116. The van der Waals surface area contributed by atoms with Crippen LogP contribution in [0.5, 0.6) is 0 Å². The van der Waals surface area contributed by atoms with E-state index in [1.807, 2.05) is 36.4 Å². The van der Waals surface area contributed by atoms with Gasteiger partial charge in [-0.25, -0.2) is 18.4 Å². The first-order valence-electron chi connectivity index (χ1n) is 11.0. The van der Waals surface area contributed by atoms with E-state index in [0.717, 1.165) is 17.5 Å². The van der Waals surface area contributed by atoms with E-state index in [1.54, 1.807) is 31.5 Å². The number of hydrogen-bond donors (Lipinski definition) is 1. The molecule has 176 valence electrons. The van der Waals surface area contributed by atoms with Gasteiger partial charge in [0.2, 0.25) is 5.91 Å². The molecule has 1 aromatic carbocycles. The molecule has 0 spiro atoms. The van der Waals surface area contributed by atoms with Crippen molar-refractivity contribution in [3.63, 3.8) is 0 Å². The van der Waals surface area contributed by atoms with Crippen LogP contribution in [-0.4, -0.2) is 25.7 Å². The Morgan fingerprint density at radius 2 is 1.83 bits per heavy atom. The van der Waals surface area contributed by atoms with E-state index < -0.39 is 6.43 Å². The summed E-state index contributed by atoms with van der Waals surface area (Å²) in [6.07, 6.45) is 2.97. The summed E-state index contributed by atoms with van der Waals surface area (Å²) in [4.78, 5) is 21.3. The van der Waals surface area contributed by atoms with Gasteiger partial charge in [0.15, 0.2) is 11.4 Å². The molecule has 0 bridgehead atoms. The Hall–Kier alpha value is -4.40. The molecular formula is C26H21F2N5O2. The first-order chi connectivity index (χ1) is 17.0. The molecule has 35 heavy (non-hydrogen) atoms. The summed E-state index contributed by atoms with van der Waals surface area (Å²) < 4.78 is 34.4. The summed E-state index contributed by atoms with van der Waals surface area (Å²) in [5, 5.41) is 7.39. The van der Waals surface area contributed by atoms with Gasteiger partial charge in [-0.1, -0.05) is 12.1 Å². The summed E-state index contributed by atoms with van der Waals surface area (Å²) >= 11 is 0. The zero-order valence-corrected chi connectivity index (χ0v) is 18.8. The van der Waals surface area contributed by atoms with Gasteiger partial charge >= 0.3 is 0 Å². The summed E-state index contributed by atoms with van der Waals surface area (Å²) in [5.74, 6) is 0.00981. The van der Waals surface area contributed by atoms with Crippen LogP contribution in [0.4, 0.5) is 14.5 Å². The van der Waals surface area contributed by atoms with Gasteiger partial charge in [-0.05, 0) is 66.9 Å². The second kappa shape index (κ2) is 9.46. The van der Waals surface area contributed by atoms with Crippen LogP contribution in [0.2, 0.25) is 0 Å². The minimum Gasteiger partial charge on any atom is -0.463 e. The van der Waals surface area contributed by atoms with Crippen LogP contribution in [0.15, 0.2) is 77.7 Å². The predicted molar refractivity (Wildman–Crippen MR) is 127 cm³/mol. The fourth-order valence-corrected chi connectivity index (χ4v) is 4.00. The number of nitrogens with zero attached hydrogens (tertiary/aromatic N) is 4. The van der Waals surface area contributed by atoms with Crippen molar-refractivity contribution in [3.05, 3.63) is 95.6 Å². The lowest BCUT2D eigenvalue weighted by Crippen LogP contribution is -2.20. The molecule has 4 heterocycles. The Kier molecular flexibility index (Phi) is 6.05. The van der Waals surface area contributed by atoms with Crippen molar-refractivity contribution in [2.75, 3.05) is 5.32 Å². The average molecular weight is 473 g/mol. The van der Waals surface area contributed by atoms with Crippen LogP contribution in [0.3, 0.4) is 0 Å². The highest BCUT2D eigenvalue weighted by Crippen LogP contribution is 2.33. The number of pyridine rings is 2. The Labute approximate surface area is 199 Å². The van der Waals surface area contributed by atoms with Crippen LogP contribution in [-0.2, 0) is 17.8 Å². The molecule has 0 saturated carbocycles. The van der Waals surface area contributed by atoms with E-state index in [2.05, 4.69) is 20.4 Å². The van der Waals surface area contributed by atoms with Gasteiger partial charge in [-0.15, -0.1) is 0 Å². The monoisotopic (exact) mass is 473 g/mol. The van der Waals surface area contributed by atoms with Crippen molar-refractivity contribution in [1.29, 1.82) is 0 Å². The maximum atomic E-state index is 13.9. The van der Waals surface area contributed by atoms with E-state index in [1.165, 1.54) is 17.0 Å². The number of amides is 1. The SMILES string of the molecule is Cc1nn(CC(=O)Nc2ccc(Cc3ccncc3)cc2)c2nc(-c3ccco3)cc(C(F)F)c12. The van der Waals surface area contributed by atoms with Gasteiger partial charge in [0, 0.05) is 23.6 Å². The molecule has 5 rings (SSSR count). The van der Waals surface area contributed by atoms with Gasteiger partial charge < -0.3 is 9.73 Å². The number of anilines is 1. The van der Waals surface area contributed by atoms with Crippen LogP contribution >= 0.6 is 0 Å². The molecule has 1 amide bonds. The number of benzene rings is 1. The molecule has 0 atom stereocenters. The Morgan fingerprint density at radius 1 is 1.09 bits per heavy atom. The molecule has 9 heteroatoms. The lowest BCUT2D eigenvalue weighted by Gasteiger charge is -2.09. The number of aryl methyl sites for hydroxylation is 1. The second-order valence-electron chi connectivity index (χ2n) is 8.09. The van der Waals surface area contributed by atoms with Gasteiger partial charge in [-0.2, -0.15) is 5.10 Å². The fraction of sp³-hybridized carbons (Fsp3) is 0.154. The molecule has 0 aliphatic heterocycles. The molecule has 0 fully saturated rings. The summed E-state index contributed by atoms with van der Waals surface area (Å²) in [6.45, 7) is 1.44. The topological polar surface area (TPSA) is 85.8 Å². The van der Waals surface area contributed by atoms with Crippen LogP contribution < -0.4 is 5.32 Å². The van der Waals surface area contributed by atoms with Crippen LogP contribution in [0, 0.1) is 6.92 Å². The number of carbonyl (C=O) groups is 1. The number of hydrogen-bond acceptors (Lipinski definition) is 5. The number of fused-ring (bicyclic) bond motifs is 1. The van der Waals surface area contributed by atoms with Gasteiger partial charge in [0.25, 0.3) is 6.43 Å². The number of carbonyl (C=O) groups excluding carboxylic acids is 1. The fourth-order valence-electron chi connectivity index (χ4n) is 4.00. The van der Waals surface area contributed by atoms with Crippen molar-refractivity contribution < 1.29 is 18.0 Å². The zero-order chi connectivity index (χ0) is 24.4. The third-order valence-corrected chi connectivity index (χ3v) is 5.61. The largest absolute Gasteiger partial charge is 0.463 e. The maximum Gasteiger partial charge on any atom is 0.264 e. The molecule has 0 radical (unpaired) electrons. The van der Waals surface area contributed by atoms with Crippen molar-refractivity contribution in [2.45, 2.75) is 26.3 Å². The summed E-state index contributed by atoms with van der Waals surface area (Å²) in [7, 11) is 0. The minimum absolute atomic E-state index is 0.180. The normalized spacial score (nSPS) is 11.3. The second-order valence-corrected chi connectivity index (χ2v) is 8.09. The predicted octanol–water partition coefficient (Wildman–Crippen LogP) is 5.56. The highest BCUT2D eigenvalue weighted by Gasteiger charge is 2.22. The first-order valence-corrected chi connectivity index (χ1v) is 11.0. The molecular weight excluding hydrogens is 452 g/mol. The van der Waals surface area contributed by atoms with E-state index in [0.29, 0.717) is 17.1 Å². The molecule has 4 aromatic heterocycles. The van der Waals surface area contributed by atoms with Crippen LogP contribution in [0.25, 0.3) is 22.5 Å². The molecule has 7 nitrogen and oxygen atoms in total. The maximum absolute atomic E-state index is 13.9. The molecule has 0 aliphatic rings. The number of nitrogens with one attached hydrogen (secondary N) is 1. The van der Waals surface area contributed by atoms with Crippen molar-refractivity contribution in [1.82, 2.24) is 19.7 Å². The van der Waals surface area contributed by atoms with Crippen molar-refractivity contribution >= 4 is 22.6 Å². The molecule has 5 aromatic rings. The molecule has 0 saturated heterocycles. The van der Waals surface area contributed by atoms with Gasteiger partial charge in [0.1, 0.15) is 12.2 Å². The van der Waals surface area contributed by atoms with E-state index in [-0.39, 0.29) is 34.7 Å². The van der Waals surface area contributed by atoms with E-state index >= 15 is 0 Å². The molecule has 1 N–H and O–H groups in total. The average Bonchev–Trinajstić information content (AvgIpc) is 3.49. The third kappa shape index (κ3) is 4.79. The highest BCUT2D eigenvalue weighted by molar-refractivity contribution is 5.92. The van der Waals surface area contributed by atoms with Gasteiger partial charge in [-0.3, -0.25) is 9.78 Å². The summed E-state index contributed by atoms with van der Waals surface area (Å²) in [5.41, 5.74) is 3.50. The Morgan fingerprint density at radius 3 is 2.51 bits per heavy atom. The number of aromatic nitrogens is 4. The third-order valence-electron chi connectivity index (χ3n) is 5.61. The van der Waals surface area contributed by atoms with Gasteiger partial charge in [0.05, 0.1) is 17.3 Å². The number of halogens is 2. The van der Waals surface area contributed by atoms with E-state index in [4.69, 9.17) is 4.42 Å². The Balaban J connectivity index is 1.37. The lowest BCUT2D eigenvalue weighted by atomic mass is 10.1. The van der Waals surface area contributed by atoms with Crippen molar-refractivity contribution in [2.24, 2.45) is 0 Å². The highest BCUT2D eigenvalue weighted by atomic mass is 19.3. The first kappa shape index (κ1) is 22.4. The zero-order valence-electron chi connectivity index (χ0n) is 18.8. The summed E-state index contributed by atoms with van der Waals surface area (Å²) in [6, 6.07) is 16.0. The standard InChI is InChI=1S/C26H21F2N5O2/c1-16-24-20(25(27)28)14-21(22-3-2-12-35-22)31-26(24)33(32-16)15-23(34)30-19-6-4-17(5-7-19)13-18-8-10-29-11-9-18/h2-12,14,25H,13,15H2,1H3,(H,30,34). The Bertz CT molecular complexity index is 1460.